The minimum Gasteiger partial charge on any atom is -0.378 e. The summed E-state index contributed by atoms with van der Waals surface area (Å²) < 4.78 is 46.3. The normalized spacial score (nSPS) is 23.3. The van der Waals surface area contributed by atoms with E-state index in [2.05, 4.69) is 5.32 Å². The van der Waals surface area contributed by atoms with Gasteiger partial charge in [0.05, 0.1) is 13.2 Å². The topological polar surface area (TPSA) is 41.6 Å². The number of anilines is 1. The van der Waals surface area contributed by atoms with Crippen molar-refractivity contribution in [3.63, 3.8) is 0 Å². The molecule has 132 valence electrons. The Morgan fingerprint density at radius 3 is 2.71 bits per heavy atom. The van der Waals surface area contributed by atoms with Crippen molar-refractivity contribution >= 4 is 11.6 Å². The predicted octanol–water partition coefficient (Wildman–Crippen LogP) is 2.83. The Morgan fingerprint density at radius 2 is 2.04 bits per heavy atom. The molecule has 1 aliphatic heterocycles. The minimum atomic E-state index is -2.73. The Balaban J connectivity index is 1.67. The molecule has 1 amide bonds. The first-order valence-electron chi connectivity index (χ1n) is 8.25. The average Bonchev–Trinajstić information content (AvgIpc) is 2.91. The Labute approximate surface area is 139 Å². The third-order valence-corrected chi connectivity index (χ3v) is 4.69. The Morgan fingerprint density at radius 1 is 1.29 bits per heavy atom. The van der Waals surface area contributed by atoms with Crippen molar-refractivity contribution in [2.24, 2.45) is 5.92 Å². The number of rotatable bonds is 4. The van der Waals surface area contributed by atoms with Gasteiger partial charge in [-0.25, -0.2) is 13.2 Å². The number of amides is 1. The summed E-state index contributed by atoms with van der Waals surface area (Å²) in [5, 5.41) is 2.53. The number of halogens is 3. The lowest BCUT2D eigenvalue weighted by Gasteiger charge is -2.29. The molecule has 0 bridgehead atoms. The van der Waals surface area contributed by atoms with Crippen molar-refractivity contribution in [2.75, 3.05) is 37.7 Å². The van der Waals surface area contributed by atoms with Crippen LogP contribution in [0.5, 0.6) is 0 Å². The zero-order valence-corrected chi connectivity index (χ0v) is 13.4. The Kier molecular flexibility index (Phi) is 4.99. The van der Waals surface area contributed by atoms with Crippen molar-refractivity contribution < 1.29 is 22.7 Å². The van der Waals surface area contributed by atoms with Gasteiger partial charge in [0.1, 0.15) is 5.82 Å². The van der Waals surface area contributed by atoms with Crippen LogP contribution in [0.15, 0.2) is 18.2 Å². The lowest BCUT2D eigenvalue weighted by molar-refractivity contribution is -0.0352. The Bertz CT molecular complexity index is 603. The first-order chi connectivity index (χ1) is 11.5. The van der Waals surface area contributed by atoms with Gasteiger partial charge < -0.3 is 15.0 Å². The lowest BCUT2D eigenvalue weighted by Crippen LogP contribution is -2.37. The lowest BCUT2D eigenvalue weighted by atomic mass is 10.0. The van der Waals surface area contributed by atoms with Gasteiger partial charge in [0.25, 0.3) is 11.8 Å². The molecular weight excluding hydrogens is 321 g/mol. The highest BCUT2D eigenvalue weighted by atomic mass is 19.3. The van der Waals surface area contributed by atoms with E-state index in [9.17, 15) is 18.0 Å². The molecule has 4 nitrogen and oxygen atoms in total. The number of morpholine rings is 1. The number of hydrogen-bond donors (Lipinski definition) is 1. The SMILES string of the molecule is O=C(NCC1CCCC1(F)F)c1cc(F)cc(N2CCOCC2)c1. The zero-order chi connectivity index (χ0) is 17.2. The van der Waals surface area contributed by atoms with Gasteiger partial charge in [0.2, 0.25) is 0 Å². The second-order valence-electron chi connectivity index (χ2n) is 6.36. The van der Waals surface area contributed by atoms with Crippen molar-refractivity contribution in [1.82, 2.24) is 5.32 Å². The molecule has 1 aromatic rings. The highest BCUT2D eigenvalue weighted by molar-refractivity contribution is 5.95. The van der Waals surface area contributed by atoms with Gasteiger partial charge in [0, 0.05) is 43.2 Å². The highest BCUT2D eigenvalue weighted by Gasteiger charge is 2.43. The first-order valence-corrected chi connectivity index (χ1v) is 8.25. The summed E-state index contributed by atoms with van der Waals surface area (Å²) in [5.74, 6) is -4.61. The largest absolute Gasteiger partial charge is 0.378 e. The summed E-state index contributed by atoms with van der Waals surface area (Å²) in [6.07, 6.45) is 0.735. The quantitative estimate of drug-likeness (QED) is 0.915. The third-order valence-electron chi connectivity index (χ3n) is 4.69. The molecule has 1 aromatic carbocycles. The van der Waals surface area contributed by atoms with Crippen molar-refractivity contribution in [3.05, 3.63) is 29.6 Å². The second kappa shape index (κ2) is 7.01. The van der Waals surface area contributed by atoms with Crippen molar-refractivity contribution in [2.45, 2.75) is 25.2 Å². The zero-order valence-electron chi connectivity index (χ0n) is 13.4. The average molecular weight is 342 g/mol. The van der Waals surface area contributed by atoms with E-state index in [1.807, 2.05) is 4.90 Å². The number of nitrogens with one attached hydrogen (secondary N) is 1. The molecule has 0 spiro atoms. The summed E-state index contributed by atoms with van der Waals surface area (Å²) in [4.78, 5) is 14.2. The van der Waals surface area contributed by atoms with Crippen LogP contribution in [0.3, 0.4) is 0 Å². The third kappa shape index (κ3) is 3.83. The molecule has 0 radical (unpaired) electrons. The smallest absolute Gasteiger partial charge is 0.252 e. The van der Waals surface area contributed by atoms with Gasteiger partial charge in [-0.2, -0.15) is 0 Å². The summed E-state index contributed by atoms with van der Waals surface area (Å²) in [6.45, 7) is 2.26. The minimum absolute atomic E-state index is 0.0881. The second-order valence-corrected chi connectivity index (χ2v) is 6.36. The van der Waals surface area contributed by atoms with Gasteiger partial charge in [-0.1, -0.05) is 0 Å². The van der Waals surface area contributed by atoms with E-state index in [1.165, 1.54) is 6.07 Å². The summed E-state index contributed by atoms with van der Waals surface area (Å²) in [6, 6.07) is 4.09. The molecule has 3 rings (SSSR count). The molecule has 0 aromatic heterocycles. The maximum absolute atomic E-state index is 13.8. The molecule has 7 heteroatoms. The fourth-order valence-electron chi connectivity index (χ4n) is 3.28. The fourth-order valence-corrected chi connectivity index (χ4v) is 3.28. The van der Waals surface area contributed by atoms with Crippen molar-refractivity contribution in [3.8, 4) is 0 Å². The number of carbonyl (C=O) groups excluding carboxylic acids is 1. The molecule has 2 fully saturated rings. The number of alkyl halides is 2. The number of nitrogens with zero attached hydrogens (tertiary/aromatic N) is 1. The van der Waals surface area contributed by atoms with Gasteiger partial charge >= 0.3 is 0 Å². The van der Waals surface area contributed by atoms with Crippen LogP contribution in [-0.4, -0.2) is 44.7 Å². The van der Waals surface area contributed by atoms with Gasteiger partial charge in [-0.15, -0.1) is 0 Å². The van der Waals surface area contributed by atoms with E-state index >= 15 is 0 Å². The highest BCUT2D eigenvalue weighted by Crippen LogP contribution is 2.39. The number of hydrogen-bond acceptors (Lipinski definition) is 3. The van der Waals surface area contributed by atoms with E-state index in [0.29, 0.717) is 44.8 Å². The fraction of sp³-hybridized carbons (Fsp3) is 0.588. The number of benzene rings is 1. The van der Waals surface area contributed by atoms with E-state index in [0.717, 1.165) is 6.07 Å². The molecule has 1 heterocycles. The van der Waals surface area contributed by atoms with Crippen LogP contribution in [-0.2, 0) is 4.74 Å². The Hall–Kier alpha value is -1.76. The van der Waals surface area contributed by atoms with E-state index in [4.69, 9.17) is 4.74 Å². The summed E-state index contributed by atoms with van der Waals surface area (Å²) >= 11 is 0. The van der Waals surface area contributed by atoms with Crippen LogP contribution < -0.4 is 10.2 Å². The monoisotopic (exact) mass is 342 g/mol. The maximum Gasteiger partial charge on any atom is 0.252 e. The molecular formula is C17H21F3N2O2. The molecule has 1 unspecified atom stereocenters. The molecule has 1 atom stereocenters. The first kappa shape index (κ1) is 17.1. The van der Waals surface area contributed by atoms with Crippen LogP contribution in [0.25, 0.3) is 0 Å². The van der Waals surface area contributed by atoms with Gasteiger partial charge in [-0.05, 0) is 31.0 Å². The molecule has 24 heavy (non-hydrogen) atoms. The predicted molar refractivity (Wildman–Crippen MR) is 84.1 cm³/mol. The van der Waals surface area contributed by atoms with E-state index < -0.39 is 23.6 Å². The van der Waals surface area contributed by atoms with Crippen LogP contribution in [0.4, 0.5) is 18.9 Å². The number of ether oxygens (including phenoxy) is 1. The van der Waals surface area contributed by atoms with Crippen LogP contribution in [0.1, 0.15) is 29.6 Å². The van der Waals surface area contributed by atoms with Crippen LogP contribution in [0.2, 0.25) is 0 Å². The van der Waals surface area contributed by atoms with E-state index in [-0.39, 0.29) is 18.5 Å². The summed E-state index contributed by atoms with van der Waals surface area (Å²) in [7, 11) is 0. The molecule has 1 saturated heterocycles. The van der Waals surface area contributed by atoms with Crippen LogP contribution >= 0.6 is 0 Å². The standard InChI is InChI=1S/C17H21F3N2O2/c18-14-8-12(9-15(10-14)22-4-6-24-7-5-22)16(23)21-11-13-2-1-3-17(13,19)20/h8-10,13H,1-7,11H2,(H,21,23). The van der Waals surface area contributed by atoms with E-state index in [1.54, 1.807) is 6.07 Å². The van der Waals surface area contributed by atoms with Crippen LogP contribution in [0, 0.1) is 11.7 Å². The number of carbonyl (C=O) groups is 1. The summed E-state index contributed by atoms with van der Waals surface area (Å²) in [5.41, 5.74) is 0.757. The molecule has 1 saturated carbocycles. The maximum atomic E-state index is 13.8. The molecule has 1 aliphatic carbocycles. The van der Waals surface area contributed by atoms with Crippen molar-refractivity contribution in [1.29, 1.82) is 0 Å². The molecule has 1 N–H and O–H groups in total. The van der Waals surface area contributed by atoms with Gasteiger partial charge in [-0.3, -0.25) is 4.79 Å². The molecule has 2 aliphatic rings. The van der Waals surface area contributed by atoms with Gasteiger partial charge in [0.15, 0.2) is 0 Å².